The molecule has 0 bridgehead atoms. The first-order valence-corrected chi connectivity index (χ1v) is 4.41. The number of nitrogens with one attached hydrogen (secondary N) is 1. The third-order valence-corrected chi connectivity index (χ3v) is 2.30. The Balaban J connectivity index is 2.59. The maximum absolute atomic E-state index is 10.9. The van der Waals surface area contributed by atoms with Gasteiger partial charge in [0.2, 0.25) is 5.95 Å². The Labute approximate surface area is 77.3 Å². The molecule has 0 aliphatic carbocycles. The lowest BCUT2D eigenvalue weighted by molar-refractivity contribution is 1.01. The van der Waals surface area contributed by atoms with Crippen LogP contribution in [0.15, 0.2) is 22.3 Å². The predicted octanol–water partition coefficient (Wildman–Crippen LogP) is 0.476. The zero-order chi connectivity index (χ0) is 9.26. The van der Waals surface area contributed by atoms with E-state index in [0.29, 0.717) is 5.82 Å². The largest absolute Gasteiger partial charge is 0.368 e. The fourth-order valence-electron chi connectivity index (χ4n) is 0.931. The lowest BCUT2D eigenvalue weighted by atomic mass is 10.4. The highest BCUT2D eigenvalue weighted by Crippen LogP contribution is 2.19. The molecule has 2 aromatic heterocycles. The number of nitrogens with zero attached hydrogens (tertiary/aromatic N) is 2. The highest BCUT2D eigenvalue weighted by molar-refractivity contribution is 7.13. The number of anilines is 1. The van der Waals surface area contributed by atoms with Gasteiger partial charge in [-0.2, -0.15) is 9.97 Å². The van der Waals surface area contributed by atoms with Crippen LogP contribution in [-0.4, -0.2) is 15.0 Å². The Kier molecular flexibility index (Phi) is 1.82. The first-order chi connectivity index (χ1) is 6.25. The molecule has 0 aromatic carbocycles. The summed E-state index contributed by atoms with van der Waals surface area (Å²) in [6.07, 6.45) is 0. The summed E-state index contributed by atoms with van der Waals surface area (Å²) >= 11 is 1.48. The van der Waals surface area contributed by atoms with Crippen LogP contribution in [0, 0.1) is 0 Å². The Morgan fingerprint density at radius 2 is 2.31 bits per heavy atom. The molecule has 0 spiro atoms. The number of hydrogen-bond donors (Lipinski definition) is 2. The van der Waals surface area contributed by atoms with Crippen LogP contribution >= 0.6 is 11.3 Å². The molecule has 2 aromatic rings. The maximum Gasteiger partial charge on any atom is 0.349 e. The summed E-state index contributed by atoms with van der Waals surface area (Å²) in [7, 11) is 0. The number of nitrogens with two attached hydrogens (primary N) is 1. The molecule has 0 amide bonds. The molecule has 2 heterocycles. The minimum absolute atomic E-state index is 0.00727. The number of hydrogen-bond acceptors (Lipinski definition) is 5. The van der Waals surface area contributed by atoms with Crippen molar-refractivity contribution in [3.8, 4) is 10.7 Å². The summed E-state index contributed by atoms with van der Waals surface area (Å²) in [6.45, 7) is 0. The maximum atomic E-state index is 10.9. The van der Waals surface area contributed by atoms with Gasteiger partial charge < -0.3 is 5.73 Å². The Morgan fingerprint density at radius 3 is 2.92 bits per heavy atom. The zero-order valence-electron chi connectivity index (χ0n) is 6.52. The third-order valence-electron chi connectivity index (χ3n) is 1.42. The summed E-state index contributed by atoms with van der Waals surface area (Å²) in [6, 6.07) is 3.72. The summed E-state index contributed by atoms with van der Waals surface area (Å²) in [4.78, 5) is 21.6. The van der Waals surface area contributed by atoms with Crippen molar-refractivity contribution in [1.82, 2.24) is 15.0 Å². The van der Waals surface area contributed by atoms with Crippen LogP contribution in [0.3, 0.4) is 0 Å². The summed E-state index contributed by atoms with van der Waals surface area (Å²) in [5.41, 5.74) is 4.85. The van der Waals surface area contributed by atoms with Crippen molar-refractivity contribution in [2.24, 2.45) is 0 Å². The lowest BCUT2D eigenvalue weighted by Crippen LogP contribution is -2.15. The van der Waals surface area contributed by atoms with Crippen molar-refractivity contribution in [3.05, 3.63) is 28.0 Å². The number of nitrogen functional groups attached to an aromatic ring is 1. The fraction of sp³-hybridized carbons (Fsp3) is 0. The van der Waals surface area contributed by atoms with E-state index in [1.165, 1.54) is 11.3 Å². The minimum Gasteiger partial charge on any atom is -0.368 e. The van der Waals surface area contributed by atoms with E-state index in [-0.39, 0.29) is 5.95 Å². The van der Waals surface area contributed by atoms with E-state index in [9.17, 15) is 4.79 Å². The number of thiophene rings is 1. The zero-order valence-corrected chi connectivity index (χ0v) is 7.34. The van der Waals surface area contributed by atoms with Gasteiger partial charge in [0.25, 0.3) is 0 Å². The molecule has 0 aliphatic heterocycles. The molecule has 13 heavy (non-hydrogen) atoms. The van der Waals surface area contributed by atoms with Gasteiger partial charge in [0, 0.05) is 0 Å². The van der Waals surface area contributed by atoms with E-state index in [1.807, 2.05) is 17.5 Å². The van der Waals surface area contributed by atoms with Gasteiger partial charge in [-0.25, -0.2) is 4.79 Å². The second-order valence-electron chi connectivity index (χ2n) is 2.34. The molecule has 0 atom stereocenters. The van der Waals surface area contributed by atoms with Crippen molar-refractivity contribution in [3.63, 3.8) is 0 Å². The average Bonchev–Trinajstić information content (AvgIpc) is 2.53. The standard InChI is InChI=1S/C7H6N4OS/c8-6-9-5(10-7(12)11-6)4-2-1-3-13-4/h1-3H,(H3,8,9,10,11,12). The SMILES string of the molecule is Nc1nc(-c2cccs2)[nH]c(=O)n1. The average molecular weight is 194 g/mol. The van der Waals surface area contributed by atoms with Gasteiger partial charge in [-0.3, -0.25) is 4.98 Å². The molecule has 0 radical (unpaired) electrons. The number of aromatic amines is 1. The van der Waals surface area contributed by atoms with Crippen LogP contribution < -0.4 is 11.4 Å². The molecule has 66 valence electrons. The minimum atomic E-state index is -0.476. The van der Waals surface area contributed by atoms with Gasteiger partial charge in [-0.1, -0.05) is 6.07 Å². The first kappa shape index (κ1) is 7.93. The van der Waals surface area contributed by atoms with Crippen LogP contribution in [-0.2, 0) is 0 Å². The highest BCUT2D eigenvalue weighted by atomic mass is 32.1. The predicted molar refractivity (Wildman–Crippen MR) is 50.4 cm³/mol. The van der Waals surface area contributed by atoms with E-state index >= 15 is 0 Å². The van der Waals surface area contributed by atoms with Crippen molar-refractivity contribution in [2.45, 2.75) is 0 Å². The molecule has 2 rings (SSSR count). The second-order valence-corrected chi connectivity index (χ2v) is 3.29. The second kappa shape index (κ2) is 2.98. The lowest BCUT2D eigenvalue weighted by Gasteiger charge is -1.95. The molecular formula is C7H6N4OS. The Hall–Kier alpha value is -1.69. The van der Waals surface area contributed by atoms with Crippen LogP contribution in [0.25, 0.3) is 10.7 Å². The normalized spacial score (nSPS) is 10.2. The molecule has 0 unspecified atom stereocenters. The molecule has 0 saturated carbocycles. The van der Waals surface area contributed by atoms with Gasteiger partial charge in [0.15, 0.2) is 5.82 Å². The Bertz CT molecular complexity index is 462. The third kappa shape index (κ3) is 1.57. The van der Waals surface area contributed by atoms with Crippen molar-refractivity contribution >= 4 is 17.3 Å². The van der Waals surface area contributed by atoms with E-state index in [1.54, 1.807) is 0 Å². The molecule has 0 saturated heterocycles. The van der Waals surface area contributed by atoms with Gasteiger partial charge in [0.1, 0.15) is 0 Å². The monoisotopic (exact) mass is 194 g/mol. The van der Waals surface area contributed by atoms with Gasteiger partial charge in [-0.15, -0.1) is 11.3 Å². The van der Waals surface area contributed by atoms with Crippen LogP contribution in [0.4, 0.5) is 5.95 Å². The molecule has 3 N–H and O–H groups in total. The van der Waals surface area contributed by atoms with E-state index in [2.05, 4.69) is 15.0 Å². The molecular weight excluding hydrogens is 188 g/mol. The quantitative estimate of drug-likeness (QED) is 0.691. The first-order valence-electron chi connectivity index (χ1n) is 3.53. The molecule has 0 fully saturated rings. The smallest absolute Gasteiger partial charge is 0.349 e. The summed E-state index contributed by atoms with van der Waals surface area (Å²) in [5.74, 6) is 0.458. The van der Waals surface area contributed by atoms with Crippen molar-refractivity contribution in [1.29, 1.82) is 0 Å². The molecule has 5 nitrogen and oxygen atoms in total. The highest BCUT2D eigenvalue weighted by Gasteiger charge is 2.02. The van der Waals surface area contributed by atoms with Crippen molar-refractivity contribution < 1.29 is 0 Å². The molecule has 6 heteroatoms. The van der Waals surface area contributed by atoms with E-state index in [4.69, 9.17) is 5.73 Å². The van der Waals surface area contributed by atoms with E-state index in [0.717, 1.165) is 4.88 Å². The number of aromatic nitrogens is 3. The van der Waals surface area contributed by atoms with Crippen LogP contribution in [0.2, 0.25) is 0 Å². The van der Waals surface area contributed by atoms with Crippen LogP contribution in [0.1, 0.15) is 0 Å². The van der Waals surface area contributed by atoms with Gasteiger partial charge in [-0.05, 0) is 11.4 Å². The number of H-pyrrole nitrogens is 1. The number of rotatable bonds is 1. The summed E-state index contributed by atoms with van der Waals surface area (Å²) < 4.78 is 0. The van der Waals surface area contributed by atoms with Gasteiger partial charge in [0.05, 0.1) is 4.88 Å². The fourth-order valence-corrected chi connectivity index (χ4v) is 1.60. The summed E-state index contributed by atoms with van der Waals surface area (Å²) in [5, 5.41) is 1.89. The topological polar surface area (TPSA) is 84.7 Å². The van der Waals surface area contributed by atoms with Crippen molar-refractivity contribution in [2.75, 3.05) is 5.73 Å². The van der Waals surface area contributed by atoms with E-state index < -0.39 is 5.69 Å². The van der Waals surface area contributed by atoms with Crippen LogP contribution in [0.5, 0.6) is 0 Å². The molecule has 0 aliphatic rings. The van der Waals surface area contributed by atoms with Gasteiger partial charge >= 0.3 is 5.69 Å². The Morgan fingerprint density at radius 1 is 1.46 bits per heavy atom.